The summed E-state index contributed by atoms with van der Waals surface area (Å²) in [6.07, 6.45) is 1.60. The van der Waals surface area contributed by atoms with E-state index >= 15 is 0 Å². The van der Waals surface area contributed by atoms with Crippen LogP contribution in [0.25, 0.3) is 0 Å². The van der Waals surface area contributed by atoms with Gasteiger partial charge in [-0.3, -0.25) is 4.79 Å². The van der Waals surface area contributed by atoms with Crippen molar-refractivity contribution in [2.75, 3.05) is 44.7 Å². The zero-order valence-corrected chi connectivity index (χ0v) is 14.5. The fraction of sp³-hybridized carbons (Fsp3) is 0.611. The first-order valence-electron chi connectivity index (χ1n) is 8.48. The Balaban J connectivity index is 2.01. The van der Waals surface area contributed by atoms with Gasteiger partial charge in [-0.05, 0) is 25.0 Å². The Bertz CT molecular complexity index is 512. The van der Waals surface area contributed by atoms with E-state index in [0.29, 0.717) is 6.54 Å². The van der Waals surface area contributed by atoms with Crippen LogP contribution in [0.15, 0.2) is 24.3 Å². The highest BCUT2D eigenvalue weighted by Crippen LogP contribution is 2.29. The number of anilines is 1. The monoisotopic (exact) mass is 319 g/mol. The molecular weight excluding hydrogens is 290 g/mol. The van der Waals surface area contributed by atoms with Crippen molar-refractivity contribution in [1.82, 2.24) is 4.90 Å². The first kappa shape index (κ1) is 17.6. The summed E-state index contributed by atoms with van der Waals surface area (Å²) < 4.78 is 5.29. The van der Waals surface area contributed by atoms with Crippen LogP contribution < -0.4 is 15.4 Å². The van der Waals surface area contributed by atoms with Crippen LogP contribution in [0.3, 0.4) is 0 Å². The van der Waals surface area contributed by atoms with Gasteiger partial charge in [0.05, 0.1) is 12.5 Å². The van der Waals surface area contributed by atoms with E-state index in [4.69, 9.17) is 10.5 Å². The molecule has 0 spiro atoms. The summed E-state index contributed by atoms with van der Waals surface area (Å²) in [5, 5.41) is 0. The zero-order valence-electron chi connectivity index (χ0n) is 14.5. The van der Waals surface area contributed by atoms with Crippen molar-refractivity contribution < 1.29 is 9.53 Å². The van der Waals surface area contributed by atoms with E-state index in [1.165, 1.54) is 0 Å². The largest absolute Gasteiger partial charge is 0.497 e. The summed E-state index contributed by atoms with van der Waals surface area (Å²) in [6, 6.07) is 8.07. The maximum atomic E-state index is 12.9. The number of carbonyl (C=O) groups excluding carboxylic acids is 1. The maximum Gasteiger partial charge on any atom is 0.230 e. The second-order valence-corrected chi connectivity index (χ2v) is 6.17. The van der Waals surface area contributed by atoms with Gasteiger partial charge in [0.15, 0.2) is 0 Å². The van der Waals surface area contributed by atoms with Crippen LogP contribution in [-0.2, 0) is 4.79 Å². The molecule has 0 bridgehead atoms. The highest BCUT2D eigenvalue weighted by molar-refractivity contribution is 5.83. The van der Waals surface area contributed by atoms with E-state index in [2.05, 4.69) is 24.8 Å². The van der Waals surface area contributed by atoms with Gasteiger partial charge in [0, 0.05) is 44.5 Å². The Morgan fingerprint density at radius 2 is 1.87 bits per heavy atom. The Morgan fingerprint density at radius 1 is 1.22 bits per heavy atom. The fourth-order valence-corrected chi connectivity index (χ4v) is 3.24. The van der Waals surface area contributed by atoms with E-state index in [1.807, 2.05) is 23.1 Å². The molecule has 5 nitrogen and oxygen atoms in total. The van der Waals surface area contributed by atoms with Crippen LogP contribution in [-0.4, -0.2) is 50.6 Å². The van der Waals surface area contributed by atoms with Crippen LogP contribution in [0.2, 0.25) is 0 Å². The van der Waals surface area contributed by atoms with Gasteiger partial charge in [-0.15, -0.1) is 0 Å². The predicted molar refractivity (Wildman–Crippen MR) is 93.9 cm³/mol. The average molecular weight is 319 g/mol. The summed E-state index contributed by atoms with van der Waals surface area (Å²) in [6.45, 7) is 7.71. The number of nitrogens with zero attached hydrogens (tertiary/aromatic N) is 2. The zero-order chi connectivity index (χ0) is 16.9. The fourth-order valence-electron chi connectivity index (χ4n) is 3.24. The minimum Gasteiger partial charge on any atom is -0.497 e. The molecule has 0 aliphatic carbocycles. The molecule has 0 atom stereocenters. The molecule has 23 heavy (non-hydrogen) atoms. The minimum absolute atomic E-state index is 0.218. The van der Waals surface area contributed by atoms with Gasteiger partial charge in [-0.1, -0.05) is 19.9 Å². The predicted octanol–water partition coefficient (Wildman–Crippen LogP) is 2.11. The van der Waals surface area contributed by atoms with Crippen molar-refractivity contribution in [1.29, 1.82) is 0 Å². The molecule has 1 fully saturated rings. The smallest absolute Gasteiger partial charge is 0.230 e. The molecule has 0 aromatic heterocycles. The number of piperazine rings is 1. The average Bonchev–Trinajstić information content (AvgIpc) is 2.63. The SMILES string of the molecule is CCC(CC)(CN)C(=O)N1CCN(c2cccc(OC)c2)CC1. The second-order valence-electron chi connectivity index (χ2n) is 6.17. The Hall–Kier alpha value is -1.75. The number of carbonyl (C=O) groups is 1. The van der Waals surface area contributed by atoms with Crippen LogP contribution in [0, 0.1) is 5.41 Å². The van der Waals surface area contributed by atoms with Crippen molar-refractivity contribution in [3.8, 4) is 5.75 Å². The molecule has 5 heteroatoms. The Labute approximate surface area is 139 Å². The van der Waals surface area contributed by atoms with Gasteiger partial charge in [-0.25, -0.2) is 0 Å². The van der Waals surface area contributed by atoms with Crippen molar-refractivity contribution in [2.45, 2.75) is 26.7 Å². The number of ether oxygens (including phenoxy) is 1. The lowest BCUT2D eigenvalue weighted by atomic mass is 9.81. The third kappa shape index (κ3) is 3.61. The van der Waals surface area contributed by atoms with E-state index in [-0.39, 0.29) is 5.91 Å². The van der Waals surface area contributed by atoms with E-state index in [0.717, 1.165) is 50.5 Å². The molecule has 1 aliphatic rings. The number of hydrogen-bond donors (Lipinski definition) is 1. The highest BCUT2D eigenvalue weighted by atomic mass is 16.5. The van der Waals surface area contributed by atoms with E-state index in [9.17, 15) is 4.79 Å². The molecule has 2 rings (SSSR count). The lowest BCUT2D eigenvalue weighted by Crippen LogP contribution is -2.54. The molecule has 0 saturated carbocycles. The quantitative estimate of drug-likeness (QED) is 0.872. The molecule has 1 aliphatic heterocycles. The van der Waals surface area contributed by atoms with Crippen LogP contribution in [0.4, 0.5) is 5.69 Å². The highest BCUT2D eigenvalue weighted by Gasteiger charge is 2.37. The second kappa shape index (κ2) is 7.68. The molecule has 0 unspecified atom stereocenters. The summed E-state index contributed by atoms with van der Waals surface area (Å²) >= 11 is 0. The van der Waals surface area contributed by atoms with Crippen LogP contribution in [0.1, 0.15) is 26.7 Å². The van der Waals surface area contributed by atoms with Crippen molar-refractivity contribution in [2.24, 2.45) is 11.1 Å². The lowest BCUT2D eigenvalue weighted by molar-refractivity contribution is -0.142. The standard InChI is InChI=1S/C18H29N3O2/c1-4-18(5-2,14-19)17(22)21-11-9-20(10-12-21)15-7-6-8-16(13-15)23-3/h6-8,13H,4-5,9-12,14,19H2,1-3H3. The minimum atomic E-state index is -0.391. The van der Waals surface area contributed by atoms with Gasteiger partial charge in [-0.2, -0.15) is 0 Å². The Morgan fingerprint density at radius 3 is 2.39 bits per heavy atom. The van der Waals surface area contributed by atoms with Gasteiger partial charge in [0.2, 0.25) is 5.91 Å². The molecule has 1 heterocycles. The summed E-state index contributed by atoms with van der Waals surface area (Å²) in [7, 11) is 1.68. The molecule has 1 saturated heterocycles. The van der Waals surface area contributed by atoms with Crippen molar-refractivity contribution in [3.05, 3.63) is 24.3 Å². The number of nitrogens with two attached hydrogens (primary N) is 1. The first-order chi connectivity index (χ1) is 11.1. The number of methoxy groups -OCH3 is 1. The number of amides is 1. The van der Waals surface area contributed by atoms with Crippen LogP contribution >= 0.6 is 0 Å². The Kier molecular flexibility index (Phi) is 5.88. The van der Waals surface area contributed by atoms with Crippen LogP contribution in [0.5, 0.6) is 5.75 Å². The normalized spacial score (nSPS) is 15.7. The van der Waals surface area contributed by atoms with Gasteiger partial charge in [0.1, 0.15) is 5.75 Å². The van der Waals surface area contributed by atoms with Gasteiger partial charge < -0.3 is 20.3 Å². The first-order valence-corrected chi connectivity index (χ1v) is 8.48. The molecule has 0 radical (unpaired) electrons. The summed E-state index contributed by atoms with van der Waals surface area (Å²) in [5.41, 5.74) is 6.67. The molecule has 1 amide bonds. The van der Waals surface area contributed by atoms with E-state index < -0.39 is 5.41 Å². The van der Waals surface area contributed by atoms with Crippen molar-refractivity contribution in [3.63, 3.8) is 0 Å². The lowest BCUT2D eigenvalue weighted by Gasteiger charge is -2.41. The molecule has 1 aromatic carbocycles. The summed E-state index contributed by atoms with van der Waals surface area (Å²) in [4.78, 5) is 17.1. The maximum absolute atomic E-state index is 12.9. The number of rotatable bonds is 6. The number of benzene rings is 1. The molecule has 128 valence electrons. The molecule has 2 N–H and O–H groups in total. The topological polar surface area (TPSA) is 58.8 Å². The van der Waals surface area contributed by atoms with Gasteiger partial charge in [0.25, 0.3) is 0 Å². The number of hydrogen-bond acceptors (Lipinski definition) is 4. The third-order valence-corrected chi connectivity index (χ3v) is 5.18. The third-order valence-electron chi connectivity index (χ3n) is 5.18. The van der Waals surface area contributed by atoms with Crippen molar-refractivity contribution >= 4 is 11.6 Å². The molecule has 1 aromatic rings. The summed E-state index contributed by atoms with van der Waals surface area (Å²) in [5.74, 6) is 1.08. The van der Waals surface area contributed by atoms with Gasteiger partial charge >= 0.3 is 0 Å². The van der Waals surface area contributed by atoms with E-state index in [1.54, 1.807) is 7.11 Å². The molecular formula is C18H29N3O2.